The molecule has 0 radical (unpaired) electrons. The van der Waals surface area contributed by atoms with E-state index in [1.165, 1.54) is 0 Å². The largest absolute Gasteiger partial charge is 0.369 e. The van der Waals surface area contributed by atoms with Crippen molar-refractivity contribution in [2.24, 2.45) is 0 Å². The Hall–Kier alpha value is -2.50. The Morgan fingerprint density at radius 1 is 1.24 bits per heavy atom. The molecule has 0 saturated heterocycles. The first-order valence-corrected chi connectivity index (χ1v) is 7.08. The average Bonchev–Trinajstić information content (AvgIpc) is 2.88. The first-order valence-electron chi connectivity index (χ1n) is 7.08. The maximum atomic E-state index is 4.52. The van der Waals surface area contributed by atoms with Crippen molar-refractivity contribution in [1.29, 1.82) is 0 Å². The molecular weight excluding hydrogens is 264 g/mol. The van der Waals surface area contributed by atoms with Gasteiger partial charge in [0.25, 0.3) is 0 Å². The van der Waals surface area contributed by atoms with Gasteiger partial charge in [-0.05, 0) is 38.0 Å². The highest BCUT2D eigenvalue weighted by molar-refractivity contribution is 5.87. The number of aryl methyl sites for hydroxylation is 2. The normalized spacial score (nSPS) is 11.0. The summed E-state index contributed by atoms with van der Waals surface area (Å²) in [5, 5.41) is 8.67. The molecule has 0 saturated carbocycles. The fraction of sp³-hybridized carbons (Fsp3) is 0.333. The fourth-order valence-corrected chi connectivity index (χ4v) is 2.20. The van der Waals surface area contributed by atoms with Crippen LogP contribution in [0.15, 0.2) is 24.5 Å². The quantitative estimate of drug-likeness (QED) is 0.796. The summed E-state index contributed by atoms with van der Waals surface area (Å²) in [6.07, 6.45) is 4.61. The third kappa shape index (κ3) is 2.56. The Bertz CT molecular complexity index is 777. The van der Waals surface area contributed by atoms with Crippen LogP contribution in [0, 0.1) is 13.8 Å². The van der Waals surface area contributed by atoms with Crippen LogP contribution < -0.4 is 5.32 Å². The highest BCUT2D eigenvalue weighted by atomic mass is 15.3. The summed E-state index contributed by atoms with van der Waals surface area (Å²) in [5.41, 5.74) is 1.91. The number of pyridine rings is 1. The number of aromatic nitrogens is 5. The van der Waals surface area contributed by atoms with Gasteiger partial charge in [-0.1, -0.05) is 6.92 Å². The zero-order valence-corrected chi connectivity index (χ0v) is 12.5. The van der Waals surface area contributed by atoms with Crippen molar-refractivity contribution in [2.45, 2.75) is 27.2 Å². The van der Waals surface area contributed by atoms with Gasteiger partial charge in [0.1, 0.15) is 11.6 Å². The number of rotatable bonds is 4. The highest BCUT2D eigenvalue weighted by Crippen LogP contribution is 2.22. The van der Waals surface area contributed by atoms with E-state index in [2.05, 4.69) is 32.3 Å². The lowest BCUT2D eigenvalue weighted by molar-refractivity contribution is 0.855. The Kier molecular flexibility index (Phi) is 3.51. The van der Waals surface area contributed by atoms with Crippen molar-refractivity contribution < 1.29 is 0 Å². The summed E-state index contributed by atoms with van der Waals surface area (Å²) in [6, 6.07) is 3.95. The number of nitrogens with one attached hydrogen (secondary N) is 1. The van der Waals surface area contributed by atoms with Crippen LogP contribution in [0.1, 0.15) is 24.7 Å². The van der Waals surface area contributed by atoms with Crippen molar-refractivity contribution in [2.75, 3.05) is 11.9 Å². The molecule has 0 amide bonds. The molecule has 0 aromatic carbocycles. The molecule has 0 aliphatic rings. The molecule has 3 aromatic heterocycles. The van der Waals surface area contributed by atoms with E-state index in [-0.39, 0.29) is 0 Å². The molecule has 0 unspecified atom stereocenters. The van der Waals surface area contributed by atoms with Gasteiger partial charge in [-0.15, -0.1) is 0 Å². The molecule has 3 heterocycles. The second kappa shape index (κ2) is 5.47. The molecule has 0 fully saturated rings. The Morgan fingerprint density at radius 2 is 2.10 bits per heavy atom. The molecule has 6 heteroatoms. The van der Waals surface area contributed by atoms with E-state index < -0.39 is 0 Å². The van der Waals surface area contributed by atoms with Gasteiger partial charge in [-0.3, -0.25) is 0 Å². The Labute approximate surface area is 123 Å². The molecule has 3 aromatic rings. The van der Waals surface area contributed by atoms with Crippen molar-refractivity contribution in [1.82, 2.24) is 24.7 Å². The van der Waals surface area contributed by atoms with Crippen molar-refractivity contribution in [3.05, 3.63) is 35.9 Å². The summed E-state index contributed by atoms with van der Waals surface area (Å²) in [7, 11) is 0. The predicted octanol–water partition coefficient (Wildman–Crippen LogP) is 2.65. The van der Waals surface area contributed by atoms with Crippen LogP contribution in [-0.2, 0) is 0 Å². The van der Waals surface area contributed by atoms with E-state index in [0.717, 1.165) is 47.0 Å². The molecule has 108 valence electrons. The minimum absolute atomic E-state index is 0.718. The third-order valence-corrected chi connectivity index (χ3v) is 3.20. The summed E-state index contributed by atoms with van der Waals surface area (Å²) < 4.78 is 1.76. The summed E-state index contributed by atoms with van der Waals surface area (Å²) in [6.45, 7) is 6.92. The molecule has 21 heavy (non-hydrogen) atoms. The average molecular weight is 282 g/mol. The summed E-state index contributed by atoms with van der Waals surface area (Å²) in [5.74, 6) is 2.32. The number of nitrogens with zero attached hydrogens (tertiary/aromatic N) is 5. The molecule has 0 aliphatic carbocycles. The molecule has 0 atom stereocenters. The smallest absolute Gasteiger partial charge is 0.170 e. The fourth-order valence-electron chi connectivity index (χ4n) is 2.20. The van der Waals surface area contributed by atoms with Gasteiger partial charge in [0.05, 0.1) is 11.6 Å². The summed E-state index contributed by atoms with van der Waals surface area (Å²) in [4.78, 5) is 13.4. The van der Waals surface area contributed by atoms with E-state index in [9.17, 15) is 0 Å². The van der Waals surface area contributed by atoms with Crippen LogP contribution in [-0.4, -0.2) is 31.3 Å². The van der Waals surface area contributed by atoms with Gasteiger partial charge in [0.15, 0.2) is 11.5 Å². The first kappa shape index (κ1) is 13.5. The minimum atomic E-state index is 0.718. The van der Waals surface area contributed by atoms with Crippen molar-refractivity contribution >= 4 is 16.9 Å². The molecule has 6 nitrogen and oxygen atoms in total. The molecule has 0 spiro atoms. The Balaban J connectivity index is 2.15. The second-order valence-corrected chi connectivity index (χ2v) is 5.03. The van der Waals surface area contributed by atoms with Gasteiger partial charge >= 0.3 is 0 Å². The lowest BCUT2D eigenvalue weighted by Gasteiger charge is -2.07. The lowest BCUT2D eigenvalue weighted by atomic mass is 10.3. The minimum Gasteiger partial charge on any atom is -0.369 e. The van der Waals surface area contributed by atoms with E-state index in [0.29, 0.717) is 0 Å². The van der Waals surface area contributed by atoms with E-state index in [4.69, 9.17) is 0 Å². The van der Waals surface area contributed by atoms with E-state index in [1.807, 2.05) is 26.0 Å². The van der Waals surface area contributed by atoms with Crippen molar-refractivity contribution in [3.8, 4) is 5.82 Å². The van der Waals surface area contributed by atoms with Crippen molar-refractivity contribution in [3.63, 3.8) is 0 Å². The van der Waals surface area contributed by atoms with Crippen LogP contribution in [0.5, 0.6) is 0 Å². The van der Waals surface area contributed by atoms with E-state index >= 15 is 0 Å². The predicted molar refractivity (Wildman–Crippen MR) is 82.7 cm³/mol. The van der Waals surface area contributed by atoms with Crippen LogP contribution in [0.3, 0.4) is 0 Å². The third-order valence-electron chi connectivity index (χ3n) is 3.20. The van der Waals surface area contributed by atoms with Gasteiger partial charge in [0, 0.05) is 12.7 Å². The number of anilines is 1. The van der Waals surface area contributed by atoms with Gasteiger partial charge < -0.3 is 5.32 Å². The second-order valence-electron chi connectivity index (χ2n) is 5.03. The number of hydrogen-bond donors (Lipinski definition) is 1. The maximum absolute atomic E-state index is 4.52. The topological polar surface area (TPSA) is 68.5 Å². The molecule has 1 N–H and O–H groups in total. The maximum Gasteiger partial charge on any atom is 0.170 e. The van der Waals surface area contributed by atoms with Gasteiger partial charge in [-0.2, -0.15) is 9.78 Å². The standard InChI is InChI=1S/C15H18N6/c1-4-6-17-14-12-9-18-21(15(12)20-11(3)19-14)13-8-10(2)5-7-16-13/h5,7-9H,4,6H2,1-3H3,(H,17,19,20). The van der Waals surface area contributed by atoms with Crippen LogP contribution in [0.25, 0.3) is 16.9 Å². The van der Waals surface area contributed by atoms with Gasteiger partial charge in [-0.25, -0.2) is 15.0 Å². The SMILES string of the molecule is CCCNc1nc(C)nc2c1cnn2-c1cc(C)ccn1. The zero-order chi connectivity index (χ0) is 14.8. The Morgan fingerprint density at radius 3 is 2.86 bits per heavy atom. The molecule has 0 aliphatic heterocycles. The lowest BCUT2D eigenvalue weighted by Crippen LogP contribution is -2.06. The van der Waals surface area contributed by atoms with Crippen LogP contribution >= 0.6 is 0 Å². The first-order chi connectivity index (χ1) is 10.2. The number of fused-ring (bicyclic) bond motifs is 1. The molecular formula is C15H18N6. The summed E-state index contributed by atoms with van der Waals surface area (Å²) >= 11 is 0. The van der Waals surface area contributed by atoms with Crippen LogP contribution in [0.2, 0.25) is 0 Å². The molecule has 3 rings (SSSR count). The highest BCUT2D eigenvalue weighted by Gasteiger charge is 2.13. The monoisotopic (exact) mass is 282 g/mol. The van der Waals surface area contributed by atoms with E-state index in [1.54, 1.807) is 17.1 Å². The number of hydrogen-bond acceptors (Lipinski definition) is 5. The molecule has 0 bridgehead atoms. The zero-order valence-electron chi connectivity index (χ0n) is 12.5. The van der Waals surface area contributed by atoms with Gasteiger partial charge in [0.2, 0.25) is 0 Å². The van der Waals surface area contributed by atoms with Crippen LogP contribution in [0.4, 0.5) is 5.82 Å².